The number of carbonyl (C=O) groups excluding carboxylic acids is 2. The number of rotatable bonds is 1. The van der Waals surface area contributed by atoms with Gasteiger partial charge in [-0.1, -0.05) is 6.07 Å². The van der Waals surface area contributed by atoms with Crippen LogP contribution in [0.2, 0.25) is 0 Å². The molecular weight excluding hydrogens is 297 g/mol. The largest absolute Gasteiger partial charge is 0.340 e. The van der Waals surface area contributed by atoms with Gasteiger partial charge in [0.05, 0.1) is 5.92 Å². The van der Waals surface area contributed by atoms with Crippen molar-refractivity contribution in [1.29, 1.82) is 0 Å². The SMILES string of the molecule is Cl.O=C1CC(C(=O)N2CCNCC2)c2ccc(F)cc2N1. The van der Waals surface area contributed by atoms with Crippen molar-refractivity contribution in [1.82, 2.24) is 10.2 Å². The highest BCUT2D eigenvalue weighted by molar-refractivity contribution is 6.01. The molecule has 1 fully saturated rings. The number of anilines is 1. The van der Waals surface area contributed by atoms with E-state index in [1.165, 1.54) is 12.1 Å². The van der Waals surface area contributed by atoms with Crippen molar-refractivity contribution in [2.24, 2.45) is 0 Å². The molecule has 1 aromatic carbocycles. The molecule has 114 valence electrons. The molecule has 21 heavy (non-hydrogen) atoms. The maximum Gasteiger partial charge on any atom is 0.230 e. The lowest BCUT2D eigenvalue weighted by Crippen LogP contribution is -2.48. The van der Waals surface area contributed by atoms with Gasteiger partial charge in [0, 0.05) is 38.3 Å². The molecule has 0 radical (unpaired) electrons. The first kappa shape index (κ1) is 15.7. The summed E-state index contributed by atoms with van der Waals surface area (Å²) in [6, 6.07) is 4.19. The maximum atomic E-state index is 13.2. The first-order valence-corrected chi connectivity index (χ1v) is 6.74. The Bertz CT molecular complexity index is 561. The number of fused-ring (bicyclic) bond motifs is 1. The van der Waals surface area contributed by atoms with Gasteiger partial charge >= 0.3 is 0 Å². The van der Waals surface area contributed by atoms with Crippen LogP contribution in [0.3, 0.4) is 0 Å². The molecule has 2 aliphatic rings. The molecule has 0 bridgehead atoms. The van der Waals surface area contributed by atoms with E-state index in [2.05, 4.69) is 10.6 Å². The molecule has 0 saturated carbocycles. The Balaban J connectivity index is 0.00000161. The molecule has 5 nitrogen and oxygen atoms in total. The van der Waals surface area contributed by atoms with E-state index >= 15 is 0 Å². The van der Waals surface area contributed by atoms with Gasteiger partial charge in [0.2, 0.25) is 11.8 Å². The van der Waals surface area contributed by atoms with Crippen molar-refractivity contribution < 1.29 is 14.0 Å². The number of hydrogen-bond acceptors (Lipinski definition) is 3. The predicted octanol–water partition coefficient (Wildman–Crippen LogP) is 1.11. The Morgan fingerprint density at radius 2 is 2.00 bits per heavy atom. The number of amides is 2. The highest BCUT2D eigenvalue weighted by atomic mass is 35.5. The molecule has 1 aromatic rings. The molecule has 0 aromatic heterocycles. The number of piperazine rings is 1. The van der Waals surface area contributed by atoms with Gasteiger partial charge in [0.1, 0.15) is 5.82 Å². The summed E-state index contributed by atoms with van der Waals surface area (Å²) >= 11 is 0. The minimum Gasteiger partial charge on any atom is -0.340 e. The number of benzene rings is 1. The van der Waals surface area contributed by atoms with E-state index in [1.54, 1.807) is 11.0 Å². The van der Waals surface area contributed by atoms with Gasteiger partial charge in [-0.2, -0.15) is 0 Å². The Hall–Kier alpha value is -1.66. The normalized spacial score (nSPS) is 21.1. The van der Waals surface area contributed by atoms with E-state index in [0.29, 0.717) is 24.3 Å². The van der Waals surface area contributed by atoms with E-state index in [4.69, 9.17) is 0 Å². The molecule has 0 spiro atoms. The van der Waals surface area contributed by atoms with Crippen LogP contribution in [0.25, 0.3) is 0 Å². The topological polar surface area (TPSA) is 61.4 Å². The minimum absolute atomic E-state index is 0. The number of carbonyl (C=O) groups is 2. The number of nitrogens with zero attached hydrogens (tertiary/aromatic N) is 1. The molecule has 1 saturated heterocycles. The summed E-state index contributed by atoms with van der Waals surface area (Å²) in [6.45, 7) is 2.82. The molecule has 0 aliphatic carbocycles. The van der Waals surface area contributed by atoms with Crippen LogP contribution in [-0.4, -0.2) is 42.9 Å². The van der Waals surface area contributed by atoms with Crippen LogP contribution in [0.5, 0.6) is 0 Å². The molecule has 2 amide bonds. The molecule has 1 unspecified atom stereocenters. The third kappa shape index (κ3) is 3.16. The lowest BCUT2D eigenvalue weighted by molar-refractivity contribution is -0.135. The van der Waals surface area contributed by atoms with Crippen LogP contribution in [0.1, 0.15) is 17.9 Å². The molecule has 2 aliphatic heterocycles. The second-order valence-corrected chi connectivity index (χ2v) is 5.11. The second-order valence-electron chi connectivity index (χ2n) is 5.11. The summed E-state index contributed by atoms with van der Waals surface area (Å²) < 4.78 is 13.2. The summed E-state index contributed by atoms with van der Waals surface area (Å²) in [5.41, 5.74) is 1.12. The Morgan fingerprint density at radius 1 is 1.29 bits per heavy atom. The fourth-order valence-corrected chi connectivity index (χ4v) is 2.76. The van der Waals surface area contributed by atoms with Gasteiger partial charge in [-0.3, -0.25) is 9.59 Å². The van der Waals surface area contributed by atoms with Crippen molar-refractivity contribution >= 4 is 29.9 Å². The van der Waals surface area contributed by atoms with Crippen LogP contribution in [0.15, 0.2) is 18.2 Å². The van der Waals surface area contributed by atoms with Crippen molar-refractivity contribution in [2.75, 3.05) is 31.5 Å². The second kappa shape index (κ2) is 6.41. The van der Waals surface area contributed by atoms with E-state index in [-0.39, 0.29) is 30.6 Å². The Labute approximate surface area is 128 Å². The van der Waals surface area contributed by atoms with Crippen LogP contribution in [0, 0.1) is 5.82 Å². The van der Waals surface area contributed by atoms with Gasteiger partial charge in [-0.25, -0.2) is 4.39 Å². The molecule has 2 heterocycles. The first-order chi connectivity index (χ1) is 9.65. The Morgan fingerprint density at radius 3 is 2.71 bits per heavy atom. The van der Waals surface area contributed by atoms with E-state index in [9.17, 15) is 14.0 Å². The maximum absolute atomic E-state index is 13.2. The third-order valence-corrected chi connectivity index (χ3v) is 3.78. The van der Waals surface area contributed by atoms with Crippen molar-refractivity contribution in [3.63, 3.8) is 0 Å². The van der Waals surface area contributed by atoms with E-state index in [0.717, 1.165) is 13.1 Å². The zero-order valence-corrected chi connectivity index (χ0v) is 12.2. The molecule has 1 atom stereocenters. The first-order valence-electron chi connectivity index (χ1n) is 6.74. The number of nitrogens with one attached hydrogen (secondary N) is 2. The summed E-state index contributed by atoms with van der Waals surface area (Å²) in [5, 5.41) is 5.81. The number of hydrogen-bond donors (Lipinski definition) is 2. The summed E-state index contributed by atoms with van der Waals surface area (Å²) in [5.74, 6) is -1.21. The van der Waals surface area contributed by atoms with E-state index in [1.807, 2.05) is 0 Å². The lowest BCUT2D eigenvalue weighted by atomic mass is 9.89. The summed E-state index contributed by atoms with van der Waals surface area (Å²) in [7, 11) is 0. The summed E-state index contributed by atoms with van der Waals surface area (Å²) in [4.78, 5) is 26.1. The van der Waals surface area contributed by atoms with Gasteiger partial charge < -0.3 is 15.5 Å². The molecule has 7 heteroatoms. The van der Waals surface area contributed by atoms with Crippen molar-refractivity contribution in [3.05, 3.63) is 29.6 Å². The van der Waals surface area contributed by atoms with Crippen LogP contribution >= 0.6 is 12.4 Å². The van der Waals surface area contributed by atoms with Crippen molar-refractivity contribution in [3.8, 4) is 0 Å². The quantitative estimate of drug-likeness (QED) is 0.816. The predicted molar refractivity (Wildman–Crippen MR) is 79.1 cm³/mol. The lowest BCUT2D eigenvalue weighted by Gasteiger charge is -2.33. The molecule has 2 N–H and O–H groups in total. The Kier molecular flexibility index (Phi) is 4.80. The van der Waals surface area contributed by atoms with Crippen LogP contribution < -0.4 is 10.6 Å². The van der Waals surface area contributed by atoms with Crippen molar-refractivity contribution in [2.45, 2.75) is 12.3 Å². The summed E-state index contributed by atoms with van der Waals surface area (Å²) in [6.07, 6.45) is 0.126. The van der Waals surface area contributed by atoms with E-state index < -0.39 is 11.7 Å². The standard InChI is InChI=1S/C14H16FN3O2.ClH/c15-9-1-2-10-11(8-13(19)17-12(10)7-9)14(20)18-5-3-16-4-6-18;/h1-2,7,11,16H,3-6,8H2,(H,17,19);1H. The fourth-order valence-electron chi connectivity index (χ4n) is 2.76. The third-order valence-electron chi connectivity index (χ3n) is 3.78. The smallest absolute Gasteiger partial charge is 0.230 e. The van der Waals surface area contributed by atoms with Gasteiger partial charge in [0.25, 0.3) is 0 Å². The average Bonchev–Trinajstić information content (AvgIpc) is 2.46. The molecule has 3 rings (SSSR count). The average molecular weight is 314 g/mol. The van der Waals surface area contributed by atoms with Gasteiger partial charge in [-0.15, -0.1) is 12.4 Å². The molecular formula is C14H17ClFN3O2. The minimum atomic E-state index is -0.502. The number of halogens is 2. The monoisotopic (exact) mass is 313 g/mol. The highest BCUT2D eigenvalue weighted by Crippen LogP contribution is 2.34. The van der Waals surface area contributed by atoms with Crippen LogP contribution in [-0.2, 0) is 9.59 Å². The zero-order chi connectivity index (χ0) is 14.1. The van der Waals surface area contributed by atoms with Crippen LogP contribution in [0.4, 0.5) is 10.1 Å². The van der Waals surface area contributed by atoms with Gasteiger partial charge in [-0.05, 0) is 17.7 Å². The highest BCUT2D eigenvalue weighted by Gasteiger charge is 2.33. The fraction of sp³-hybridized carbons (Fsp3) is 0.429. The van der Waals surface area contributed by atoms with Gasteiger partial charge in [0.15, 0.2) is 0 Å². The zero-order valence-electron chi connectivity index (χ0n) is 11.4.